The van der Waals surface area contributed by atoms with Gasteiger partial charge in [0, 0.05) is 37.4 Å². The zero-order valence-corrected chi connectivity index (χ0v) is 31.9. The van der Waals surface area contributed by atoms with Gasteiger partial charge in [-0.25, -0.2) is 4.79 Å². The maximum atomic E-state index is 14.6. The van der Waals surface area contributed by atoms with Gasteiger partial charge in [-0.05, 0) is 67.9 Å². The molecule has 8 atom stereocenters. The van der Waals surface area contributed by atoms with E-state index in [0.29, 0.717) is 38.2 Å². The number of hydrogen-bond donors (Lipinski definition) is 2. The molecule has 0 spiro atoms. The minimum Gasteiger partial charge on any atom is -0.456 e. The van der Waals surface area contributed by atoms with Gasteiger partial charge < -0.3 is 28.8 Å². The molecule has 0 bridgehead atoms. The van der Waals surface area contributed by atoms with Crippen LogP contribution in [-0.4, -0.2) is 96.6 Å². The van der Waals surface area contributed by atoms with Crippen LogP contribution >= 0.6 is 0 Å². The summed E-state index contributed by atoms with van der Waals surface area (Å²) in [6, 6.07) is 7.40. The Bertz CT molecular complexity index is 1420. The third kappa shape index (κ3) is 5.87. The van der Waals surface area contributed by atoms with Crippen molar-refractivity contribution in [1.82, 2.24) is 4.90 Å². The number of rotatable bonds is 7. The van der Waals surface area contributed by atoms with E-state index < -0.39 is 71.9 Å². The Hall–Kier alpha value is -1.92. The van der Waals surface area contributed by atoms with Crippen molar-refractivity contribution in [1.29, 1.82) is 0 Å². The highest BCUT2D eigenvalue weighted by atomic mass is 28.4. The fourth-order valence-corrected chi connectivity index (χ4v) is 10.5. The highest BCUT2D eigenvalue weighted by molar-refractivity contribution is 6.74. The van der Waals surface area contributed by atoms with E-state index in [9.17, 15) is 19.8 Å². The van der Waals surface area contributed by atoms with Crippen LogP contribution in [0.1, 0.15) is 90.6 Å². The number of hydrogen-bond acceptors (Lipinski definition) is 9. The third-order valence-electron chi connectivity index (χ3n) is 12.9. The first-order valence-electron chi connectivity index (χ1n) is 17.6. The van der Waals surface area contributed by atoms with E-state index in [1.807, 2.05) is 25.1 Å². The van der Waals surface area contributed by atoms with Crippen molar-refractivity contribution in [2.45, 2.75) is 134 Å². The molecule has 48 heavy (non-hydrogen) atoms. The number of nitrogens with zero attached hydrogens (tertiary/aromatic N) is 1. The minimum absolute atomic E-state index is 0.106. The lowest BCUT2D eigenvalue weighted by Gasteiger charge is -2.72. The van der Waals surface area contributed by atoms with Crippen molar-refractivity contribution in [3.8, 4) is 0 Å². The Kier molecular flexibility index (Phi) is 9.64. The van der Waals surface area contributed by atoms with E-state index in [2.05, 4.69) is 59.2 Å². The topological polar surface area (TPSA) is 115 Å². The van der Waals surface area contributed by atoms with Crippen molar-refractivity contribution < 1.29 is 38.4 Å². The van der Waals surface area contributed by atoms with Crippen LogP contribution in [0.25, 0.3) is 0 Å². The molecular weight excluding hydrogens is 627 g/mol. The van der Waals surface area contributed by atoms with Crippen molar-refractivity contribution in [3.05, 3.63) is 48.0 Å². The zero-order chi connectivity index (χ0) is 35.7. The second-order valence-corrected chi connectivity index (χ2v) is 22.4. The molecule has 0 radical (unpaired) electrons. The summed E-state index contributed by atoms with van der Waals surface area (Å²) in [7, 11) is -2.44. The van der Waals surface area contributed by atoms with E-state index in [0.717, 1.165) is 18.7 Å². The molecule has 1 aromatic rings. The highest BCUT2D eigenvalue weighted by Gasteiger charge is 2.81. The molecule has 2 saturated heterocycles. The predicted octanol–water partition coefficient (Wildman–Crippen LogP) is 5.68. The summed E-state index contributed by atoms with van der Waals surface area (Å²) >= 11 is 0. The smallest absolute Gasteiger partial charge is 0.338 e. The average Bonchev–Trinajstić information content (AvgIpc) is 2.99. The van der Waals surface area contributed by atoms with Gasteiger partial charge in [0.2, 0.25) is 0 Å². The molecule has 2 saturated carbocycles. The first kappa shape index (κ1) is 37.3. The van der Waals surface area contributed by atoms with Crippen LogP contribution in [0.4, 0.5) is 0 Å². The van der Waals surface area contributed by atoms with Gasteiger partial charge >= 0.3 is 5.97 Å². The van der Waals surface area contributed by atoms with Gasteiger partial charge in [0.25, 0.3) is 0 Å². The molecular formula is C38H59NO8Si. The number of aliphatic hydroxyl groups excluding tert-OH is 1. The molecule has 2 aliphatic heterocycles. The third-order valence-corrected chi connectivity index (χ3v) is 17.3. The summed E-state index contributed by atoms with van der Waals surface area (Å²) in [6.07, 6.45) is -0.484. The van der Waals surface area contributed by atoms with Crippen LogP contribution in [0.2, 0.25) is 18.1 Å². The molecule has 10 heteroatoms. The Morgan fingerprint density at radius 1 is 1.15 bits per heavy atom. The van der Waals surface area contributed by atoms with E-state index in [4.69, 9.17) is 18.6 Å². The monoisotopic (exact) mass is 685 g/mol. The summed E-state index contributed by atoms with van der Waals surface area (Å²) in [4.78, 5) is 31.0. The summed E-state index contributed by atoms with van der Waals surface area (Å²) in [6.45, 7) is 27.8. The Balaban J connectivity index is 1.61. The number of fused-ring (bicyclic) bond motifs is 3. The molecule has 5 rings (SSSR count). The summed E-state index contributed by atoms with van der Waals surface area (Å²) in [5.74, 6) is -1.65. The standard InChI is InChI=1S/C38H59NO8Si/c1-12-35(7)23-27(40)38(43)36(8)28(46-48(10,11)33(2,3)4)16-17-34(5,6)30(36)29(31(41)37(38,9)47-35)45-32(42)26-15-13-14-25(22-26)24-39-18-20-44-21-19-39/h12-15,22,28-31,41,43H,1,16-21,23-24H2,2-11H3/t28-,29-,30-,31-,35-,36-,37+,38-/m0/s1. The largest absolute Gasteiger partial charge is 0.456 e. The van der Waals surface area contributed by atoms with Gasteiger partial charge in [0.1, 0.15) is 17.8 Å². The second kappa shape index (κ2) is 12.4. The number of ether oxygens (including phenoxy) is 3. The lowest BCUT2D eigenvalue weighted by Crippen LogP contribution is -2.87. The Labute approximate surface area is 288 Å². The molecule has 4 fully saturated rings. The molecule has 2 aliphatic carbocycles. The fraction of sp³-hybridized carbons (Fsp3) is 0.737. The minimum atomic E-state index is -2.44. The molecule has 268 valence electrons. The van der Waals surface area contributed by atoms with Gasteiger partial charge in [0.15, 0.2) is 19.7 Å². The molecule has 2 N–H and O–H groups in total. The van der Waals surface area contributed by atoms with Gasteiger partial charge in [0.05, 0.1) is 30.5 Å². The zero-order valence-electron chi connectivity index (χ0n) is 30.9. The fourth-order valence-electron chi connectivity index (χ4n) is 9.10. The summed E-state index contributed by atoms with van der Waals surface area (Å²) in [5.41, 5.74) is -5.64. The molecule has 2 heterocycles. The molecule has 9 nitrogen and oxygen atoms in total. The number of morpholine rings is 1. The predicted molar refractivity (Wildman–Crippen MR) is 187 cm³/mol. The van der Waals surface area contributed by atoms with Crippen LogP contribution in [0, 0.1) is 16.7 Å². The maximum absolute atomic E-state index is 14.6. The first-order chi connectivity index (χ1) is 22.1. The number of esters is 1. The number of Topliss-reactive ketones (excluding diaryl/α,β-unsaturated/α-hetero) is 1. The van der Waals surface area contributed by atoms with Gasteiger partial charge in [-0.15, -0.1) is 6.58 Å². The lowest BCUT2D eigenvalue weighted by atomic mass is 9.39. The van der Waals surface area contributed by atoms with Crippen LogP contribution in [0.15, 0.2) is 36.9 Å². The normalized spacial score (nSPS) is 38.9. The molecule has 0 amide bonds. The quantitative estimate of drug-likeness (QED) is 0.213. The van der Waals surface area contributed by atoms with Gasteiger partial charge in [-0.1, -0.05) is 59.8 Å². The Morgan fingerprint density at radius 2 is 1.79 bits per heavy atom. The maximum Gasteiger partial charge on any atom is 0.338 e. The number of carbonyl (C=O) groups is 2. The number of ketones is 1. The lowest BCUT2D eigenvalue weighted by molar-refractivity contribution is -0.368. The van der Waals surface area contributed by atoms with Crippen molar-refractivity contribution in [2.24, 2.45) is 16.7 Å². The Morgan fingerprint density at radius 3 is 2.40 bits per heavy atom. The number of benzene rings is 1. The van der Waals surface area contributed by atoms with Crippen LogP contribution in [0.3, 0.4) is 0 Å². The first-order valence-corrected chi connectivity index (χ1v) is 20.5. The van der Waals surface area contributed by atoms with E-state index >= 15 is 0 Å². The SMILES string of the molecule is C=C[C@@]1(C)CC(=O)[C@]2(O)[C@@]3(C)[C@@H](O[Si](C)(C)C(C)(C)C)CCC(C)(C)[C@@H]3[C@H](OC(=O)c3cccc(CN4CCOCC4)c3)[C@H](O)[C@@]2(C)O1. The van der Waals surface area contributed by atoms with Crippen molar-refractivity contribution in [3.63, 3.8) is 0 Å². The van der Waals surface area contributed by atoms with E-state index in [-0.39, 0.29) is 11.5 Å². The molecule has 0 unspecified atom stereocenters. The molecule has 1 aromatic carbocycles. The van der Waals surface area contributed by atoms with Crippen LogP contribution in [-0.2, 0) is 30.0 Å². The van der Waals surface area contributed by atoms with Crippen LogP contribution in [0.5, 0.6) is 0 Å². The van der Waals surface area contributed by atoms with Crippen LogP contribution < -0.4 is 0 Å². The average molecular weight is 686 g/mol. The molecule has 0 aromatic heterocycles. The second-order valence-electron chi connectivity index (χ2n) is 17.6. The summed E-state index contributed by atoms with van der Waals surface area (Å²) < 4.78 is 25.8. The number of aliphatic hydroxyl groups is 2. The van der Waals surface area contributed by atoms with Crippen molar-refractivity contribution >= 4 is 20.1 Å². The molecule has 4 aliphatic rings. The summed E-state index contributed by atoms with van der Waals surface area (Å²) in [5, 5.41) is 25.4. The van der Waals surface area contributed by atoms with E-state index in [1.54, 1.807) is 26.0 Å². The van der Waals surface area contributed by atoms with Gasteiger partial charge in [-0.2, -0.15) is 0 Å². The van der Waals surface area contributed by atoms with E-state index in [1.165, 1.54) is 0 Å². The van der Waals surface area contributed by atoms with Crippen molar-refractivity contribution in [2.75, 3.05) is 26.3 Å². The number of carbonyl (C=O) groups excluding carboxylic acids is 2. The highest BCUT2D eigenvalue weighted by Crippen LogP contribution is 2.68. The van der Waals surface area contributed by atoms with Gasteiger partial charge in [-0.3, -0.25) is 9.69 Å².